The average molecular weight is 339 g/mol. The van der Waals surface area contributed by atoms with Gasteiger partial charge in [-0.3, -0.25) is 0 Å². The van der Waals surface area contributed by atoms with Crippen LogP contribution in [0.4, 0.5) is 4.79 Å². The number of benzene rings is 2. The summed E-state index contributed by atoms with van der Waals surface area (Å²) in [6, 6.07) is 15.4. The average Bonchev–Trinajstić information content (AvgIpc) is 2.61. The number of primary amides is 1. The van der Waals surface area contributed by atoms with E-state index in [1.54, 1.807) is 13.8 Å². The second kappa shape index (κ2) is 8.15. The SMILES string of the molecule is C=CC(=O)OC(C)c1cc(C(C)OC(N)=O)ccc1-c1ccccc1. The van der Waals surface area contributed by atoms with Gasteiger partial charge in [-0.2, -0.15) is 0 Å². The van der Waals surface area contributed by atoms with Gasteiger partial charge in [-0.05, 0) is 36.6 Å². The Morgan fingerprint density at radius 3 is 2.32 bits per heavy atom. The lowest BCUT2D eigenvalue weighted by molar-refractivity contribution is -0.142. The summed E-state index contributed by atoms with van der Waals surface area (Å²) in [6.07, 6.45) is -0.724. The topological polar surface area (TPSA) is 78.6 Å². The molecule has 0 spiro atoms. The van der Waals surface area contributed by atoms with Crippen LogP contribution in [0, 0.1) is 0 Å². The summed E-state index contributed by atoms with van der Waals surface area (Å²) in [4.78, 5) is 22.6. The minimum atomic E-state index is -0.840. The number of amides is 1. The molecule has 2 unspecified atom stereocenters. The van der Waals surface area contributed by atoms with Gasteiger partial charge in [0.05, 0.1) is 0 Å². The van der Waals surface area contributed by atoms with E-state index in [2.05, 4.69) is 6.58 Å². The minimum absolute atomic E-state index is 0.499. The Morgan fingerprint density at radius 1 is 1.04 bits per heavy atom. The summed E-state index contributed by atoms with van der Waals surface area (Å²) in [5.41, 5.74) is 8.58. The van der Waals surface area contributed by atoms with Crippen molar-refractivity contribution in [3.63, 3.8) is 0 Å². The molecule has 2 aromatic carbocycles. The first-order valence-corrected chi connectivity index (χ1v) is 7.90. The van der Waals surface area contributed by atoms with E-state index in [9.17, 15) is 9.59 Å². The number of carbonyl (C=O) groups excluding carboxylic acids is 2. The van der Waals surface area contributed by atoms with Gasteiger partial charge < -0.3 is 15.2 Å². The summed E-state index contributed by atoms with van der Waals surface area (Å²) in [7, 11) is 0. The van der Waals surface area contributed by atoms with Crippen LogP contribution in [0.2, 0.25) is 0 Å². The molecule has 2 N–H and O–H groups in total. The smallest absolute Gasteiger partial charge is 0.405 e. The largest absolute Gasteiger partial charge is 0.455 e. The van der Waals surface area contributed by atoms with E-state index in [1.807, 2.05) is 48.5 Å². The highest BCUT2D eigenvalue weighted by molar-refractivity contribution is 5.81. The van der Waals surface area contributed by atoms with Crippen LogP contribution < -0.4 is 5.73 Å². The molecule has 2 atom stereocenters. The van der Waals surface area contributed by atoms with Gasteiger partial charge in [-0.25, -0.2) is 9.59 Å². The fraction of sp³-hybridized carbons (Fsp3) is 0.200. The van der Waals surface area contributed by atoms with Crippen molar-refractivity contribution >= 4 is 12.1 Å². The maximum atomic E-state index is 11.6. The number of hydrogen-bond donors (Lipinski definition) is 1. The third-order valence-electron chi connectivity index (χ3n) is 3.82. The minimum Gasteiger partial charge on any atom is -0.455 e. The maximum absolute atomic E-state index is 11.6. The predicted octanol–water partition coefficient (Wildman–Crippen LogP) is 4.30. The Kier molecular flexibility index (Phi) is 5.95. The lowest BCUT2D eigenvalue weighted by Gasteiger charge is -2.20. The van der Waals surface area contributed by atoms with Crippen molar-refractivity contribution in [1.29, 1.82) is 0 Å². The van der Waals surface area contributed by atoms with Gasteiger partial charge in [0.25, 0.3) is 0 Å². The molecule has 25 heavy (non-hydrogen) atoms. The fourth-order valence-electron chi connectivity index (χ4n) is 2.58. The lowest BCUT2D eigenvalue weighted by Crippen LogP contribution is -2.16. The Hall–Kier alpha value is -3.08. The summed E-state index contributed by atoms with van der Waals surface area (Å²) in [5.74, 6) is -0.502. The van der Waals surface area contributed by atoms with Crippen molar-refractivity contribution in [2.75, 3.05) is 0 Å². The third-order valence-corrected chi connectivity index (χ3v) is 3.82. The van der Waals surface area contributed by atoms with Crippen LogP contribution in [0.15, 0.2) is 61.2 Å². The molecule has 0 aromatic heterocycles. The quantitative estimate of drug-likeness (QED) is 0.628. The number of hydrogen-bond acceptors (Lipinski definition) is 4. The molecular formula is C20H21NO4. The van der Waals surface area contributed by atoms with Gasteiger partial charge in [-0.1, -0.05) is 49.0 Å². The van der Waals surface area contributed by atoms with Gasteiger partial charge >= 0.3 is 12.1 Å². The normalized spacial score (nSPS) is 12.7. The molecule has 2 aromatic rings. The number of nitrogens with two attached hydrogens (primary N) is 1. The van der Waals surface area contributed by atoms with Gasteiger partial charge in [0.2, 0.25) is 0 Å². The molecule has 0 saturated carbocycles. The second-order valence-electron chi connectivity index (χ2n) is 5.58. The fourth-order valence-corrected chi connectivity index (χ4v) is 2.58. The molecule has 0 aliphatic carbocycles. The van der Waals surface area contributed by atoms with E-state index >= 15 is 0 Å². The number of ether oxygens (including phenoxy) is 2. The Labute approximate surface area is 147 Å². The van der Waals surface area contributed by atoms with Crippen LogP contribution in [0.3, 0.4) is 0 Å². The number of rotatable bonds is 6. The molecule has 0 radical (unpaired) electrons. The van der Waals surface area contributed by atoms with Gasteiger partial charge in [0.15, 0.2) is 0 Å². The molecule has 2 rings (SSSR count). The van der Waals surface area contributed by atoms with E-state index in [4.69, 9.17) is 15.2 Å². The number of esters is 1. The Morgan fingerprint density at radius 2 is 1.72 bits per heavy atom. The van der Waals surface area contributed by atoms with E-state index < -0.39 is 24.3 Å². The van der Waals surface area contributed by atoms with Crippen molar-refractivity contribution in [3.8, 4) is 11.1 Å². The highest BCUT2D eigenvalue weighted by atomic mass is 16.6. The van der Waals surface area contributed by atoms with Crippen LogP contribution in [-0.2, 0) is 14.3 Å². The first-order chi connectivity index (χ1) is 11.9. The van der Waals surface area contributed by atoms with Gasteiger partial charge in [-0.15, -0.1) is 0 Å². The van der Waals surface area contributed by atoms with Crippen LogP contribution in [0.25, 0.3) is 11.1 Å². The first kappa shape index (κ1) is 18.3. The molecular weight excluding hydrogens is 318 g/mol. The van der Waals surface area contributed by atoms with Crippen LogP contribution in [0.5, 0.6) is 0 Å². The van der Waals surface area contributed by atoms with E-state index in [1.165, 1.54) is 0 Å². The molecule has 5 heteroatoms. The third kappa shape index (κ3) is 4.70. The maximum Gasteiger partial charge on any atom is 0.405 e. The Balaban J connectivity index is 2.47. The van der Waals surface area contributed by atoms with Gasteiger partial charge in [0.1, 0.15) is 12.2 Å². The highest BCUT2D eigenvalue weighted by Gasteiger charge is 2.18. The zero-order valence-corrected chi connectivity index (χ0v) is 14.3. The molecule has 5 nitrogen and oxygen atoms in total. The van der Waals surface area contributed by atoms with Crippen LogP contribution >= 0.6 is 0 Å². The zero-order valence-electron chi connectivity index (χ0n) is 14.3. The standard InChI is InChI=1S/C20H21NO4/c1-4-19(22)24-14(3)18-12-16(13(2)25-20(21)23)10-11-17(18)15-8-6-5-7-9-15/h4-14H,1H2,2-3H3,(H2,21,23). The molecule has 130 valence electrons. The van der Waals surface area contributed by atoms with E-state index in [-0.39, 0.29) is 0 Å². The zero-order chi connectivity index (χ0) is 18.4. The molecule has 0 saturated heterocycles. The monoisotopic (exact) mass is 339 g/mol. The number of carbonyl (C=O) groups is 2. The molecule has 0 aliphatic heterocycles. The molecule has 0 aliphatic rings. The summed E-state index contributed by atoms with van der Waals surface area (Å²) in [6.45, 7) is 6.93. The first-order valence-electron chi connectivity index (χ1n) is 7.90. The molecule has 1 amide bonds. The van der Waals surface area contributed by atoms with Crippen molar-refractivity contribution in [2.24, 2.45) is 5.73 Å². The molecule has 0 fully saturated rings. The van der Waals surface area contributed by atoms with E-state index in [0.717, 1.165) is 28.3 Å². The van der Waals surface area contributed by atoms with Crippen LogP contribution in [-0.4, -0.2) is 12.1 Å². The highest BCUT2D eigenvalue weighted by Crippen LogP contribution is 2.33. The summed E-state index contributed by atoms with van der Waals surface area (Å²) < 4.78 is 10.4. The Bertz CT molecular complexity index is 771. The summed E-state index contributed by atoms with van der Waals surface area (Å²) >= 11 is 0. The molecule has 0 bridgehead atoms. The molecule has 0 heterocycles. The van der Waals surface area contributed by atoms with Crippen LogP contribution in [0.1, 0.15) is 37.2 Å². The van der Waals surface area contributed by atoms with E-state index in [0.29, 0.717) is 0 Å². The van der Waals surface area contributed by atoms with Crippen molar-refractivity contribution in [3.05, 3.63) is 72.3 Å². The lowest BCUT2D eigenvalue weighted by atomic mass is 9.93. The second-order valence-corrected chi connectivity index (χ2v) is 5.58. The summed E-state index contributed by atoms with van der Waals surface area (Å²) in [5, 5.41) is 0. The van der Waals surface area contributed by atoms with Crippen molar-refractivity contribution in [1.82, 2.24) is 0 Å². The van der Waals surface area contributed by atoms with Gasteiger partial charge in [0, 0.05) is 11.6 Å². The van der Waals surface area contributed by atoms with Crippen molar-refractivity contribution < 1.29 is 19.1 Å². The predicted molar refractivity (Wildman–Crippen MR) is 95.7 cm³/mol. The van der Waals surface area contributed by atoms with Crippen molar-refractivity contribution in [2.45, 2.75) is 26.1 Å².